The van der Waals surface area contributed by atoms with Gasteiger partial charge in [0.05, 0.1) is 11.8 Å². The van der Waals surface area contributed by atoms with E-state index in [-0.39, 0.29) is 22.0 Å². The van der Waals surface area contributed by atoms with E-state index in [4.69, 9.17) is 11.6 Å². The maximum Gasteiger partial charge on any atom is 0.257 e. The van der Waals surface area contributed by atoms with Crippen molar-refractivity contribution >= 4 is 17.5 Å². The molecule has 1 amide bonds. The van der Waals surface area contributed by atoms with Crippen LogP contribution in [0.3, 0.4) is 0 Å². The Balaban J connectivity index is 2.23. The van der Waals surface area contributed by atoms with Crippen LogP contribution in [0.1, 0.15) is 30.6 Å². The van der Waals surface area contributed by atoms with Gasteiger partial charge in [0.1, 0.15) is 11.0 Å². The fourth-order valence-electron chi connectivity index (χ4n) is 2.03. The van der Waals surface area contributed by atoms with Crippen LogP contribution in [0.15, 0.2) is 12.3 Å². The van der Waals surface area contributed by atoms with E-state index in [2.05, 4.69) is 18.8 Å². The molecule has 92 valence electrons. The first-order chi connectivity index (χ1) is 7.89. The first-order valence-corrected chi connectivity index (χ1v) is 5.87. The summed E-state index contributed by atoms with van der Waals surface area (Å²) < 4.78 is 13.1. The third-order valence-corrected chi connectivity index (χ3v) is 3.30. The molecule has 5 heteroatoms. The van der Waals surface area contributed by atoms with Gasteiger partial charge in [-0.05, 0) is 17.9 Å². The van der Waals surface area contributed by atoms with Gasteiger partial charge in [0, 0.05) is 13.1 Å². The Kier molecular flexibility index (Phi) is 3.08. The normalized spacial score (nSPS) is 18.5. The minimum absolute atomic E-state index is 0.0566. The van der Waals surface area contributed by atoms with Crippen LogP contribution < -0.4 is 0 Å². The van der Waals surface area contributed by atoms with Crippen LogP contribution in [0, 0.1) is 11.2 Å². The maximum absolute atomic E-state index is 13.1. The number of carbonyl (C=O) groups excluding carboxylic acids is 1. The van der Waals surface area contributed by atoms with Crippen molar-refractivity contribution in [2.45, 2.75) is 20.3 Å². The molecule has 3 nitrogen and oxygen atoms in total. The van der Waals surface area contributed by atoms with Crippen LogP contribution in [-0.2, 0) is 0 Å². The average Bonchev–Trinajstić information content (AvgIpc) is 2.61. The number of nitrogens with zero attached hydrogens (tertiary/aromatic N) is 2. The lowest BCUT2D eigenvalue weighted by molar-refractivity contribution is 0.0777. The second-order valence-corrected chi connectivity index (χ2v) is 5.49. The number of amides is 1. The van der Waals surface area contributed by atoms with Crippen molar-refractivity contribution in [1.29, 1.82) is 0 Å². The van der Waals surface area contributed by atoms with Crippen LogP contribution in [0.2, 0.25) is 5.15 Å². The molecule has 0 N–H and O–H groups in total. The molecule has 0 spiro atoms. The number of halogens is 2. The van der Waals surface area contributed by atoms with E-state index in [0.29, 0.717) is 13.1 Å². The Hall–Kier alpha value is -1.16. The largest absolute Gasteiger partial charge is 0.338 e. The molecule has 1 aromatic rings. The number of hydrogen-bond donors (Lipinski definition) is 0. The summed E-state index contributed by atoms with van der Waals surface area (Å²) >= 11 is 5.82. The summed E-state index contributed by atoms with van der Waals surface area (Å²) in [5.41, 5.74) is 0.257. The Morgan fingerprint density at radius 3 is 2.88 bits per heavy atom. The predicted molar refractivity (Wildman–Crippen MR) is 63.5 cm³/mol. The molecule has 2 rings (SSSR count). The predicted octanol–water partition coefficient (Wildman–Crippen LogP) is 2.75. The molecule has 1 aliphatic heterocycles. The lowest BCUT2D eigenvalue weighted by atomic mass is 9.93. The summed E-state index contributed by atoms with van der Waals surface area (Å²) in [7, 11) is 0. The molecule has 1 aliphatic rings. The highest BCUT2D eigenvalue weighted by molar-refractivity contribution is 6.32. The second-order valence-electron chi connectivity index (χ2n) is 5.13. The molecule has 0 bridgehead atoms. The van der Waals surface area contributed by atoms with Crippen molar-refractivity contribution in [3.8, 4) is 0 Å². The molecule has 0 radical (unpaired) electrons. The van der Waals surface area contributed by atoms with Crippen LogP contribution >= 0.6 is 11.6 Å². The van der Waals surface area contributed by atoms with Crippen LogP contribution in [0.5, 0.6) is 0 Å². The van der Waals surface area contributed by atoms with Gasteiger partial charge in [-0.3, -0.25) is 4.79 Å². The SMILES string of the molecule is CC1(C)CCN(C(=O)c2cc(F)cnc2Cl)C1. The van der Waals surface area contributed by atoms with E-state index in [1.165, 1.54) is 0 Å². The number of likely N-dealkylation sites (tertiary alicyclic amines) is 1. The minimum Gasteiger partial charge on any atom is -0.338 e. The van der Waals surface area contributed by atoms with E-state index in [0.717, 1.165) is 18.7 Å². The van der Waals surface area contributed by atoms with Gasteiger partial charge in [0.2, 0.25) is 0 Å². The highest BCUT2D eigenvalue weighted by Crippen LogP contribution is 2.30. The lowest BCUT2D eigenvalue weighted by Crippen LogP contribution is -2.30. The van der Waals surface area contributed by atoms with Crippen molar-refractivity contribution in [2.75, 3.05) is 13.1 Å². The zero-order valence-electron chi connectivity index (χ0n) is 9.83. The van der Waals surface area contributed by atoms with Gasteiger partial charge in [-0.2, -0.15) is 0 Å². The monoisotopic (exact) mass is 256 g/mol. The fourth-order valence-corrected chi connectivity index (χ4v) is 2.21. The van der Waals surface area contributed by atoms with Crippen molar-refractivity contribution in [2.24, 2.45) is 5.41 Å². The highest BCUT2D eigenvalue weighted by Gasteiger charge is 2.33. The standard InChI is InChI=1S/C12H14ClFN2O/c1-12(2)3-4-16(7-12)11(17)9-5-8(14)6-15-10(9)13/h5-6H,3-4,7H2,1-2H3. The van der Waals surface area contributed by atoms with Crippen molar-refractivity contribution in [1.82, 2.24) is 9.88 Å². The number of pyridine rings is 1. The molecule has 0 atom stereocenters. The summed E-state index contributed by atoms with van der Waals surface area (Å²) in [4.78, 5) is 17.5. The summed E-state index contributed by atoms with van der Waals surface area (Å²) in [6, 6.07) is 1.14. The van der Waals surface area contributed by atoms with Crippen molar-refractivity contribution < 1.29 is 9.18 Å². The number of hydrogen-bond acceptors (Lipinski definition) is 2. The van der Waals surface area contributed by atoms with Crippen molar-refractivity contribution in [3.63, 3.8) is 0 Å². The molecular weight excluding hydrogens is 243 g/mol. The van der Waals surface area contributed by atoms with E-state index in [1.807, 2.05) is 0 Å². The molecule has 0 unspecified atom stereocenters. The lowest BCUT2D eigenvalue weighted by Gasteiger charge is -2.20. The van der Waals surface area contributed by atoms with Crippen LogP contribution in [-0.4, -0.2) is 28.9 Å². The van der Waals surface area contributed by atoms with E-state index < -0.39 is 5.82 Å². The maximum atomic E-state index is 13.1. The molecule has 1 saturated heterocycles. The van der Waals surface area contributed by atoms with Gasteiger partial charge in [-0.15, -0.1) is 0 Å². The zero-order chi connectivity index (χ0) is 12.6. The quantitative estimate of drug-likeness (QED) is 0.724. The second kappa shape index (κ2) is 4.26. The first-order valence-electron chi connectivity index (χ1n) is 5.49. The van der Waals surface area contributed by atoms with E-state index in [9.17, 15) is 9.18 Å². The zero-order valence-corrected chi connectivity index (χ0v) is 10.6. The molecule has 1 aromatic heterocycles. The van der Waals surface area contributed by atoms with Gasteiger partial charge < -0.3 is 4.90 Å². The van der Waals surface area contributed by atoms with E-state index >= 15 is 0 Å². The minimum atomic E-state index is -0.545. The summed E-state index contributed by atoms with van der Waals surface area (Å²) in [6.07, 6.45) is 1.95. The molecular formula is C12H14ClFN2O. The Labute approximate surface area is 105 Å². The summed E-state index contributed by atoms with van der Waals surface area (Å²) in [5.74, 6) is -0.788. The topological polar surface area (TPSA) is 33.2 Å². The third-order valence-electron chi connectivity index (χ3n) is 3.00. The average molecular weight is 257 g/mol. The van der Waals surface area contributed by atoms with Gasteiger partial charge in [-0.1, -0.05) is 25.4 Å². The van der Waals surface area contributed by atoms with E-state index in [1.54, 1.807) is 4.90 Å². The van der Waals surface area contributed by atoms with Crippen LogP contribution in [0.25, 0.3) is 0 Å². The fraction of sp³-hybridized carbons (Fsp3) is 0.500. The number of carbonyl (C=O) groups is 1. The summed E-state index contributed by atoms with van der Waals surface area (Å²) in [6.45, 7) is 5.55. The molecule has 0 aromatic carbocycles. The molecule has 1 fully saturated rings. The Bertz CT molecular complexity index is 462. The van der Waals surface area contributed by atoms with Gasteiger partial charge in [-0.25, -0.2) is 9.37 Å². The molecule has 2 heterocycles. The highest BCUT2D eigenvalue weighted by atomic mass is 35.5. The Morgan fingerprint density at radius 2 is 2.29 bits per heavy atom. The first kappa shape index (κ1) is 12.3. The van der Waals surface area contributed by atoms with Gasteiger partial charge >= 0.3 is 0 Å². The van der Waals surface area contributed by atoms with Gasteiger partial charge in [0.15, 0.2) is 0 Å². The number of aromatic nitrogens is 1. The summed E-state index contributed by atoms with van der Waals surface area (Å²) in [5, 5.41) is 0.0566. The smallest absolute Gasteiger partial charge is 0.257 e. The van der Waals surface area contributed by atoms with Crippen molar-refractivity contribution in [3.05, 3.63) is 28.8 Å². The van der Waals surface area contributed by atoms with Crippen LogP contribution in [0.4, 0.5) is 4.39 Å². The molecule has 17 heavy (non-hydrogen) atoms. The van der Waals surface area contributed by atoms with Gasteiger partial charge in [0.25, 0.3) is 5.91 Å². The molecule has 0 aliphatic carbocycles. The Morgan fingerprint density at radius 1 is 1.59 bits per heavy atom. The number of rotatable bonds is 1. The molecule has 0 saturated carbocycles. The third kappa shape index (κ3) is 2.57.